The van der Waals surface area contributed by atoms with Crippen LogP contribution in [0.3, 0.4) is 0 Å². The molecule has 0 radical (unpaired) electrons. The van der Waals surface area contributed by atoms with E-state index in [1.54, 1.807) is 11.8 Å². The van der Waals surface area contributed by atoms with E-state index in [0.29, 0.717) is 13.1 Å². The van der Waals surface area contributed by atoms with Crippen molar-refractivity contribution in [3.8, 4) is 0 Å². The number of aliphatic hydroxyl groups is 1. The van der Waals surface area contributed by atoms with Crippen LogP contribution in [0.25, 0.3) is 0 Å². The molecule has 0 spiro atoms. The number of ketones is 1. The Morgan fingerprint density at radius 2 is 1.94 bits per heavy atom. The number of rotatable bonds is 8. The number of Topliss-reactive ketones (excluding diaryl/α,β-unsaturated/α-hetero) is 1. The van der Waals surface area contributed by atoms with Crippen LogP contribution in [0.5, 0.6) is 0 Å². The average molecular weight is 267 g/mol. The number of hydrogen-bond donors (Lipinski definition) is 1. The minimum absolute atomic E-state index is 0.0959. The van der Waals surface area contributed by atoms with Gasteiger partial charge in [0.05, 0.1) is 13.2 Å². The van der Waals surface area contributed by atoms with E-state index in [0.717, 1.165) is 23.4 Å². The summed E-state index contributed by atoms with van der Waals surface area (Å²) in [6.07, 6.45) is 3.00. The third kappa shape index (κ3) is 4.80. The minimum Gasteiger partial charge on any atom is -0.395 e. The standard InChI is InChI=1S/C14H21NO2S/c1-3-8-15(9-10-16)11-14(17)12-4-6-13(18-2)7-5-12/h4-7,16H,3,8-11H2,1-2H3. The number of aliphatic hydroxyl groups excluding tert-OH is 1. The second-order valence-electron chi connectivity index (χ2n) is 4.15. The molecule has 0 aliphatic heterocycles. The van der Waals surface area contributed by atoms with Crippen LogP contribution in [0.2, 0.25) is 0 Å². The molecular weight excluding hydrogens is 246 g/mol. The zero-order chi connectivity index (χ0) is 13.4. The largest absolute Gasteiger partial charge is 0.395 e. The quantitative estimate of drug-likeness (QED) is 0.579. The molecule has 4 heteroatoms. The molecule has 0 saturated carbocycles. The highest BCUT2D eigenvalue weighted by Crippen LogP contribution is 2.15. The zero-order valence-corrected chi connectivity index (χ0v) is 11.9. The number of carbonyl (C=O) groups excluding carboxylic acids is 1. The Morgan fingerprint density at radius 3 is 2.44 bits per heavy atom. The molecule has 1 aromatic rings. The summed E-state index contributed by atoms with van der Waals surface area (Å²) in [5, 5.41) is 8.96. The Bertz CT molecular complexity index is 359. The first-order valence-corrected chi connectivity index (χ1v) is 7.44. The maximum Gasteiger partial charge on any atom is 0.176 e. The Labute approximate surface area is 113 Å². The summed E-state index contributed by atoms with van der Waals surface area (Å²) in [6, 6.07) is 7.68. The van der Waals surface area contributed by atoms with Crippen LogP contribution in [0.1, 0.15) is 23.7 Å². The first kappa shape index (κ1) is 15.2. The SMILES string of the molecule is CCCN(CCO)CC(=O)c1ccc(SC)cc1. The number of thioether (sulfide) groups is 1. The predicted octanol–water partition coefficient (Wildman–Crippen LogP) is 2.30. The number of hydrogen-bond acceptors (Lipinski definition) is 4. The second-order valence-corrected chi connectivity index (χ2v) is 5.03. The number of nitrogens with zero attached hydrogens (tertiary/aromatic N) is 1. The third-order valence-electron chi connectivity index (χ3n) is 2.74. The van der Waals surface area contributed by atoms with Gasteiger partial charge in [-0.1, -0.05) is 19.1 Å². The number of benzene rings is 1. The summed E-state index contributed by atoms with van der Waals surface area (Å²) in [4.78, 5) is 15.2. The van der Waals surface area contributed by atoms with Gasteiger partial charge in [-0.3, -0.25) is 9.69 Å². The molecule has 0 saturated heterocycles. The fourth-order valence-corrected chi connectivity index (χ4v) is 2.21. The van der Waals surface area contributed by atoms with Gasteiger partial charge in [0.1, 0.15) is 0 Å². The summed E-state index contributed by atoms with van der Waals surface area (Å²) in [5.74, 6) is 0.115. The van der Waals surface area contributed by atoms with Gasteiger partial charge in [0.2, 0.25) is 0 Å². The summed E-state index contributed by atoms with van der Waals surface area (Å²) in [5.41, 5.74) is 0.742. The van der Waals surface area contributed by atoms with Crippen LogP contribution < -0.4 is 0 Å². The van der Waals surface area contributed by atoms with Gasteiger partial charge < -0.3 is 5.11 Å². The van der Waals surface area contributed by atoms with Crippen molar-refractivity contribution in [3.63, 3.8) is 0 Å². The van der Waals surface area contributed by atoms with Gasteiger partial charge in [0.25, 0.3) is 0 Å². The monoisotopic (exact) mass is 267 g/mol. The lowest BCUT2D eigenvalue weighted by Crippen LogP contribution is -2.33. The molecule has 0 aromatic heterocycles. The van der Waals surface area contributed by atoms with Crippen molar-refractivity contribution in [2.45, 2.75) is 18.2 Å². The van der Waals surface area contributed by atoms with Crippen molar-refractivity contribution < 1.29 is 9.90 Å². The molecule has 0 aliphatic carbocycles. The van der Waals surface area contributed by atoms with Crippen LogP contribution in [0, 0.1) is 0 Å². The Kier molecular flexibility index (Phi) is 7.01. The molecule has 1 aromatic carbocycles. The van der Waals surface area contributed by atoms with Gasteiger partial charge in [-0.2, -0.15) is 0 Å². The van der Waals surface area contributed by atoms with Gasteiger partial charge in [-0.15, -0.1) is 11.8 Å². The molecule has 0 heterocycles. The lowest BCUT2D eigenvalue weighted by Gasteiger charge is -2.19. The third-order valence-corrected chi connectivity index (χ3v) is 3.48. The van der Waals surface area contributed by atoms with Gasteiger partial charge in [-0.05, 0) is 31.4 Å². The number of carbonyl (C=O) groups is 1. The van der Waals surface area contributed by atoms with E-state index < -0.39 is 0 Å². The van der Waals surface area contributed by atoms with E-state index >= 15 is 0 Å². The minimum atomic E-state index is 0.0959. The summed E-state index contributed by atoms with van der Waals surface area (Å²) < 4.78 is 0. The first-order chi connectivity index (χ1) is 8.71. The van der Waals surface area contributed by atoms with Gasteiger partial charge in [-0.25, -0.2) is 0 Å². The van der Waals surface area contributed by atoms with E-state index in [2.05, 4.69) is 6.92 Å². The van der Waals surface area contributed by atoms with Crippen LogP contribution in [0.4, 0.5) is 0 Å². The van der Waals surface area contributed by atoms with Crippen LogP contribution in [-0.2, 0) is 0 Å². The molecule has 0 atom stereocenters. The molecule has 0 aliphatic rings. The molecule has 0 bridgehead atoms. The topological polar surface area (TPSA) is 40.5 Å². The molecule has 0 fully saturated rings. The molecule has 18 heavy (non-hydrogen) atoms. The lowest BCUT2D eigenvalue weighted by atomic mass is 10.1. The summed E-state index contributed by atoms with van der Waals surface area (Å²) >= 11 is 1.66. The Balaban J connectivity index is 2.61. The smallest absolute Gasteiger partial charge is 0.176 e. The van der Waals surface area contributed by atoms with E-state index in [1.807, 2.05) is 35.4 Å². The van der Waals surface area contributed by atoms with Crippen LogP contribution in [-0.4, -0.2) is 48.3 Å². The average Bonchev–Trinajstić information content (AvgIpc) is 2.39. The summed E-state index contributed by atoms with van der Waals surface area (Å²) in [6.45, 7) is 3.95. The molecule has 0 amide bonds. The predicted molar refractivity (Wildman–Crippen MR) is 76.4 cm³/mol. The highest BCUT2D eigenvalue weighted by Gasteiger charge is 2.11. The van der Waals surface area contributed by atoms with E-state index in [-0.39, 0.29) is 12.4 Å². The molecule has 1 N–H and O–H groups in total. The van der Waals surface area contributed by atoms with Crippen molar-refractivity contribution in [2.24, 2.45) is 0 Å². The van der Waals surface area contributed by atoms with Gasteiger partial charge in [0.15, 0.2) is 5.78 Å². The molecule has 3 nitrogen and oxygen atoms in total. The van der Waals surface area contributed by atoms with Crippen LogP contribution >= 0.6 is 11.8 Å². The van der Waals surface area contributed by atoms with Crippen molar-refractivity contribution in [1.82, 2.24) is 4.90 Å². The van der Waals surface area contributed by atoms with Crippen LogP contribution in [0.15, 0.2) is 29.2 Å². The molecule has 1 rings (SSSR count). The molecular formula is C14H21NO2S. The summed E-state index contributed by atoms with van der Waals surface area (Å²) in [7, 11) is 0. The normalized spacial score (nSPS) is 10.9. The highest BCUT2D eigenvalue weighted by atomic mass is 32.2. The first-order valence-electron chi connectivity index (χ1n) is 6.21. The van der Waals surface area contributed by atoms with Crippen molar-refractivity contribution in [3.05, 3.63) is 29.8 Å². The zero-order valence-electron chi connectivity index (χ0n) is 11.1. The second kappa shape index (κ2) is 8.29. The van der Waals surface area contributed by atoms with E-state index in [9.17, 15) is 4.79 Å². The fraction of sp³-hybridized carbons (Fsp3) is 0.500. The Hall–Kier alpha value is -0.840. The van der Waals surface area contributed by atoms with Gasteiger partial charge >= 0.3 is 0 Å². The van der Waals surface area contributed by atoms with E-state index in [4.69, 9.17) is 5.11 Å². The van der Waals surface area contributed by atoms with E-state index in [1.165, 1.54) is 0 Å². The van der Waals surface area contributed by atoms with Gasteiger partial charge in [0, 0.05) is 17.0 Å². The van der Waals surface area contributed by atoms with Crippen molar-refractivity contribution >= 4 is 17.5 Å². The maximum atomic E-state index is 12.1. The van der Waals surface area contributed by atoms with Crippen molar-refractivity contribution in [1.29, 1.82) is 0 Å². The fourth-order valence-electron chi connectivity index (χ4n) is 1.80. The molecule has 100 valence electrons. The maximum absolute atomic E-state index is 12.1. The highest BCUT2D eigenvalue weighted by molar-refractivity contribution is 7.98. The van der Waals surface area contributed by atoms with Crippen molar-refractivity contribution in [2.75, 3.05) is 32.5 Å². The Morgan fingerprint density at radius 1 is 1.28 bits per heavy atom. The molecule has 0 unspecified atom stereocenters. The lowest BCUT2D eigenvalue weighted by molar-refractivity contribution is 0.0915.